The van der Waals surface area contributed by atoms with Crippen LogP contribution in [0.3, 0.4) is 0 Å². The van der Waals surface area contributed by atoms with E-state index >= 15 is 0 Å². The molecule has 130 valence electrons. The summed E-state index contributed by atoms with van der Waals surface area (Å²) in [5, 5.41) is 4.46. The molecule has 4 rings (SSSR count). The summed E-state index contributed by atoms with van der Waals surface area (Å²) in [7, 11) is 0. The van der Waals surface area contributed by atoms with Crippen molar-refractivity contribution in [3.63, 3.8) is 0 Å². The molecule has 2 aliphatic rings. The number of ether oxygens (including phenoxy) is 2. The third kappa shape index (κ3) is 2.75. The lowest BCUT2D eigenvalue weighted by Crippen LogP contribution is -2.38. The van der Waals surface area contributed by atoms with Gasteiger partial charge in [0.1, 0.15) is 0 Å². The molecule has 0 saturated carbocycles. The van der Waals surface area contributed by atoms with Crippen molar-refractivity contribution >= 4 is 5.91 Å². The quantitative estimate of drug-likeness (QED) is 0.832. The number of carbonyl (C=O) groups excluding carboxylic acids is 1. The minimum Gasteiger partial charge on any atom is -0.454 e. The fourth-order valence-corrected chi connectivity index (χ4v) is 3.17. The van der Waals surface area contributed by atoms with Crippen molar-refractivity contribution in [2.75, 3.05) is 13.3 Å². The Morgan fingerprint density at radius 2 is 2.00 bits per heavy atom. The molecule has 0 unspecified atom stereocenters. The molecule has 0 radical (unpaired) electrons. The lowest BCUT2D eigenvalue weighted by molar-refractivity contribution is 0.0732. The minimum absolute atomic E-state index is 0.0195. The Hall–Kier alpha value is -2.83. The van der Waals surface area contributed by atoms with Crippen LogP contribution in [0, 0.1) is 0 Å². The summed E-state index contributed by atoms with van der Waals surface area (Å²) in [5.41, 5.74) is 2.13. The highest BCUT2D eigenvalue weighted by Gasteiger charge is 2.25. The highest BCUT2D eigenvalue weighted by Crippen LogP contribution is 2.33. The first-order valence-electron chi connectivity index (χ1n) is 8.33. The van der Waals surface area contributed by atoms with Gasteiger partial charge >= 0.3 is 0 Å². The van der Waals surface area contributed by atoms with E-state index in [-0.39, 0.29) is 24.3 Å². The van der Waals surface area contributed by atoms with Crippen LogP contribution >= 0.6 is 0 Å². The normalized spacial score (nSPS) is 15.4. The maximum absolute atomic E-state index is 12.8. The molecular formula is C18H19N3O4. The molecule has 0 aliphatic carbocycles. The van der Waals surface area contributed by atoms with E-state index in [1.165, 1.54) is 4.68 Å². The van der Waals surface area contributed by atoms with Crippen molar-refractivity contribution in [1.82, 2.24) is 14.7 Å². The van der Waals surface area contributed by atoms with E-state index in [0.717, 1.165) is 11.3 Å². The Kier molecular flexibility index (Phi) is 3.71. The maximum Gasteiger partial charge on any atom is 0.267 e. The molecule has 0 spiro atoms. The Bertz CT molecular complexity index is 904. The van der Waals surface area contributed by atoms with Crippen LogP contribution in [-0.2, 0) is 13.0 Å². The fourth-order valence-electron chi connectivity index (χ4n) is 3.17. The smallest absolute Gasteiger partial charge is 0.267 e. The average molecular weight is 341 g/mol. The third-order valence-corrected chi connectivity index (χ3v) is 4.50. The summed E-state index contributed by atoms with van der Waals surface area (Å²) in [4.78, 5) is 26.7. The van der Waals surface area contributed by atoms with Gasteiger partial charge in [0.25, 0.3) is 11.5 Å². The van der Waals surface area contributed by atoms with Gasteiger partial charge in [0.15, 0.2) is 11.5 Å². The molecular weight excluding hydrogens is 322 g/mol. The van der Waals surface area contributed by atoms with Gasteiger partial charge in [-0.25, -0.2) is 4.68 Å². The maximum atomic E-state index is 12.8. The number of amides is 1. The zero-order chi connectivity index (χ0) is 17.6. The van der Waals surface area contributed by atoms with Crippen LogP contribution in [0.15, 0.2) is 29.1 Å². The molecule has 0 N–H and O–H groups in total. The lowest BCUT2D eigenvalue weighted by Gasteiger charge is -2.28. The molecule has 7 nitrogen and oxygen atoms in total. The number of benzene rings is 1. The summed E-state index contributed by atoms with van der Waals surface area (Å²) >= 11 is 0. The molecule has 0 atom stereocenters. The number of rotatable bonds is 2. The Morgan fingerprint density at radius 3 is 2.80 bits per heavy atom. The lowest BCUT2D eigenvalue weighted by atomic mass is 10.0. The van der Waals surface area contributed by atoms with Gasteiger partial charge in [0, 0.05) is 36.7 Å². The zero-order valence-corrected chi connectivity index (χ0v) is 14.2. The van der Waals surface area contributed by atoms with E-state index in [0.29, 0.717) is 36.6 Å². The predicted molar refractivity (Wildman–Crippen MR) is 89.9 cm³/mol. The summed E-state index contributed by atoms with van der Waals surface area (Å²) in [6.45, 7) is 5.00. The number of aromatic nitrogens is 2. The van der Waals surface area contributed by atoms with Crippen LogP contribution in [0.5, 0.6) is 11.5 Å². The van der Waals surface area contributed by atoms with Crippen molar-refractivity contribution in [3.8, 4) is 11.5 Å². The van der Waals surface area contributed by atoms with Crippen molar-refractivity contribution in [2.45, 2.75) is 32.9 Å². The van der Waals surface area contributed by atoms with Crippen molar-refractivity contribution < 1.29 is 14.3 Å². The first kappa shape index (κ1) is 15.7. The minimum atomic E-state index is -0.133. The number of hydrogen-bond donors (Lipinski definition) is 0. The molecule has 3 heterocycles. The van der Waals surface area contributed by atoms with E-state index in [9.17, 15) is 9.59 Å². The molecule has 0 saturated heterocycles. The Balaban J connectivity index is 1.59. The van der Waals surface area contributed by atoms with Crippen LogP contribution in [0.4, 0.5) is 0 Å². The molecule has 2 aliphatic heterocycles. The van der Waals surface area contributed by atoms with Crippen LogP contribution in [-0.4, -0.2) is 33.9 Å². The van der Waals surface area contributed by atoms with Gasteiger partial charge in [-0.2, -0.15) is 5.10 Å². The number of nitrogens with zero attached hydrogens (tertiary/aromatic N) is 3. The number of fused-ring (bicyclic) bond motifs is 2. The highest BCUT2D eigenvalue weighted by atomic mass is 16.7. The van der Waals surface area contributed by atoms with Gasteiger partial charge in [-0.05, 0) is 32.0 Å². The van der Waals surface area contributed by atoms with Crippen LogP contribution < -0.4 is 15.0 Å². The van der Waals surface area contributed by atoms with E-state index in [1.807, 2.05) is 13.8 Å². The molecule has 1 aromatic carbocycles. The summed E-state index contributed by atoms with van der Waals surface area (Å²) < 4.78 is 12.1. The second-order valence-corrected chi connectivity index (χ2v) is 6.54. The van der Waals surface area contributed by atoms with Gasteiger partial charge < -0.3 is 14.4 Å². The molecule has 1 aromatic heterocycles. The zero-order valence-electron chi connectivity index (χ0n) is 14.2. The summed E-state index contributed by atoms with van der Waals surface area (Å²) in [6, 6.07) is 6.80. The molecule has 1 amide bonds. The van der Waals surface area contributed by atoms with Crippen LogP contribution in [0.25, 0.3) is 0 Å². The van der Waals surface area contributed by atoms with Crippen molar-refractivity contribution in [3.05, 3.63) is 51.4 Å². The van der Waals surface area contributed by atoms with Gasteiger partial charge in [0.05, 0.1) is 11.7 Å². The largest absolute Gasteiger partial charge is 0.454 e. The van der Waals surface area contributed by atoms with Gasteiger partial charge in [0.2, 0.25) is 6.79 Å². The molecule has 0 bridgehead atoms. The first-order chi connectivity index (χ1) is 12.0. The van der Waals surface area contributed by atoms with Crippen molar-refractivity contribution in [1.29, 1.82) is 0 Å². The predicted octanol–water partition coefficient (Wildman–Crippen LogP) is 1.75. The number of carbonyl (C=O) groups is 1. The first-order valence-corrected chi connectivity index (χ1v) is 8.33. The van der Waals surface area contributed by atoms with Crippen LogP contribution in [0.2, 0.25) is 0 Å². The molecule has 25 heavy (non-hydrogen) atoms. The van der Waals surface area contributed by atoms with Gasteiger partial charge in [-0.15, -0.1) is 0 Å². The van der Waals surface area contributed by atoms with Crippen LogP contribution in [0.1, 0.15) is 41.5 Å². The fraction of sp³-hybridized carbons (Fsp3) is 0.389. The van der Waals surface area contributed by atoms with Crippen molar-refractivity contribution in [2.24, 2.45) is 0 Å². The second kappa shape index (κ2) is 5.91. The van der Waals surface area contributed by atoms with E-state index < -0.39 is 0 Å². The van der Waals surface area contributed by atoms with E-state index in [4.69, 9.17) is 9.47 Å². The topological polar surface area (TPSA) is 73.7 Å². The third-order valence-electron chi connectivity index (χ3n) is 4.50. The summed E-state index contributed by atoms with van der Waals surface area (Å²) in [5.74, 6) is 1.15. The Morgan fingerprint density at radius 1 is 1.20 bits per heavy atom. The molecule has 2 aromatic rings. The Labute approximate surface area is 144 Å². The molecule has 7 heteroatoms. The van der Waals surface area contributed by atoms with Gasteiger partial charge in [-0.3, -0.25) is 9.59 Å². The average Bonchev–Trinajstić information content (AvgIpc) is 3.07. The SMILES string of the molecule is CC(C)n1nc2c(cc1=O)CN(C(=O)c1ccc3c(c1)OCO3)CC2. The monoisotopic (exact) mass is 341 g/mol. The number of hydrogen-bond acceptors (Lipinski definition) is 5. The van der Waals surface area contributed by atoms with E-state index in [1.54, 1.807) is 29.2 Å². The van der Waals surface area contributed by atoms with Gasteiger partial charge in [-0.1, -0.05) is 0 Å². The van der Waals surface area contributed by atoms with E-state index in [2.05, 4.69) is 5.10 Å². The molecule has 0 fully saturated rings. The second-order valence-electron chi connectivity index (χ2n) is 6.54. The summed E-state index contributed by atoms with van der Waals surface area (Å²) in [6.07, 6.45) is 0.638. The standard InChI is InChI=1S/C18H19N3O4/c1-11(2)21-17(22)8-13-9-20(6-5-14(13)19-21)18(23)12-3-4-15-16(7-12)25-10-24-15/h3-4,7-8,11H,5-6,9-10H2,1-2H3. The highest BCUT2D eigenvalue weighted by molar-refractivity contribution is 5.95.